The van der Waals surface area contributed by atoms with Crippen LogP contribution in [0.1, 0.15) is 26.0 Å². The summed E-state index contributed by atoms with van der Waals surface area (Å²) in [5.41, 5.74) is -1.03. The van der Waals surface area contributed by atoms with Gasteiger partial charge in [-0.25, -0.2) is 0 Å². The normalized spacial score (nSPS) is 13.6. The number of carboxylic acid groups (broad SMARTS) is 1. The van der Waals surface area contributed by atoms with Crippen molar-refractivity contribution >= 4 is 27.9 Å². The number of aliphatic carboxylic acids is 1. The Morgan fingerprint density at radius 1 is 1.42 bits per heavy atom. The molecule has 0 aliphatic carbocycles. The zero-order valence-electron chi connectivity index (χ0n) is 10.9. The minimum absolute atomic E-state index is 0.0188. The van der Waals surface area contributed by atoms with Crippen LogP contribution < -0.4 is 0 Å². The van der Waals surface area contributed by atoms with Gasteiger partial charge in [0.05, 0.1) is 6.61 Å². The molecule has 19 heavy (non-hydrogen) atoms. The van der Waals surface area contributed by atoms with Crippen LogP contribution in [0.3, 0.4) is 0 Å². The van der Waals surface area contributed by atoms with Crippen LogP contribution in [-0.4, -0.2) is 28.6 Å². The van der Waals surface area contributed by atoms with Gasteiger partial charge >= 0.3 is 11.9 Å². The van der Waals surface area contributed by atoms with Gasteiger partial charge in [-0.3, -0.25) is 14.6 Å². The van der Waals surface area contributed by atoms with Crippen LogP contribution in [0.2, 0.25) is 0 Å². The first-order valence-electron chi connectivity index (χ1n) is 5.97. The molecular formula is C13H16BrNO4. The fourth-order valence-corrected chi connectivity index (χ4v) is 1.98. The summed E-state index contributed by atoms with van der Waals surface area (Å²) in [4.78, 5) is 27.6. The van der Waals surface area contributed by atoms with Crippen LogP contribution in [0.15, 0.2) is 22.8 Å². The van der Waals surface area contributed by atoms with Crippen molar-refractivity contribution in [3.63, 3.8) is 0 Å². The van der Waals surface area contributed by atoms with E-state index in [0.29, 0.717) is 5.69 Å². The molecule has 1 rings (SSSR count). The average Bonchev–Trinajstić information content (AvgIpc) is 2.38. The number of esters is 1. The SMILES string of the molecule is CCOC(=O)C(CC)(Cc1ccc(Br)cn1)C(=O)O. The second-order valence-corrected chi connectivity index (χ2v) is 5.02. The maximum Gasteiger partial charge on any atom is 0.323 e. The molecule has 0 saturated heterocycles. The first kappa shape index (κ1) is 15.6. The quantitative estimate of drug-likeness (QED) is 0.640. The smallest absolute Gasteiger partial charge is 0.323 e. The van der Waals surface area contributed by atoms with Gasteiger partial charge in [0.15, 0.2) is 5.41 Å². The highest BCUT2D eigenvalue weighted by Gasteiger charge is 2.46. The van der Waals surface area contributed by atoms with Crippen molar-refractivity contribution in [2.24, 2.45) is 5.41 Å². The third kappa shape index (κ3) is 3.53. The molecule has 1 aromatic rings. The molecule has 0 bridgehead atoms. The first-order chi connectivity index (χ1) is 8.96. The van der Waals surface area contributed by atoms with E-state index in [4.69, 9.17) is 4.74 Å². The Balaban J connectivity index is 3.06. The number of hydrogen-bond donors (Lipinski definition) is 1. The van der Waals surface area contributed by atoms with Crippen molar-refractivity contribution in [1.29, 1.82) is 0 Å². The van der Waals surface area contributed by atoms with Gasteiger partial charge in [0.25, 0.3) is 0 Å². The molecule has 0 radical (unpaired) electrons. The molecule has 0 aliphatic heterocycles. The predicted octanol–water partition coefficient (Wildman–Crippen LogP) is 2.43. The van der Waals surface area contributed by atoms with Crippen molar-refractivity contribution in [1.82, 2.24) is 4.98 Å². The molecule has 104 valence electrons. The number of halogens is 1. The highest BCUT2D eigenvalue weighted by Crippen LogP contribution is 2.29. The average molecular weight is 330 g/mol. The van der Waals surface area contributed by atoms with Gasteiger partial charge in [-0.1, -0.05) is 6.92 Å². The lowest BCUT2D eigenvalue weighted by Gasteiger charge is -2.25. The van der Waals surface area contributed by atoms with E-state index in [9.17, 15) is 14.7 Å². The van der Waals surface area contributed by atoms with E-state index in [-0.39, 0.29) is 19.4 Å². The van der Waals surface area contributed by atoms with Crippen molar-refractivity contribution in [2.45, 2.75) is 26.7 Å². The Hall–Kier alpha value is -1.43. The molecule has 0 saturated carbocycles. The molecule has 0 fully saturated rings. The zero-order valence-corrected chi connectivity index (χ0v) is 12.4. The molecule has 1 aromatic heterocycles. The molecule has 5 nitrogen and oxygen atoms in total. The van der Waals surface area contributed by atoms with E-state index in [0.717, 1.165) is 4.47 Å². The number of carbonyl (C=O) groups excluding carboxylic acids is 1. The van der Waals surface area contributed by atoms with Gasteiger partial charge in [0.2, 0.25) is 0 Å². The van der Waals surface area contributed by atoms with Crippen LogP contribution in [0, 0.1) is 5.41 Å². The molecule has 1 heterocycles. The van der Waals surface area contributed by atoms with Gasteiger partial charge in [0.1, 0.15) is 0 Å². The Morgan fingerprint density at radius 2 is 2.11 bits per heavy atom. The van der Waals surface area contributed by atoms with E-state index in [1.165, 1.54) is 0 Å². The van der Waals surface area contributed by atoms with Crippen LogP contribution in [0.4, 0.5) is 0 Å². The van der Waals surface area contributed by atoms with Gasteiger partial charge in [-0.15, -0.1) is 0 Å². The summed E-state index contributed by atoms with van der Waals surface area (Å²) in [5.74, 6) is -1.90. The largest absolute Gasteiger partial charge is 0.480 e. The lowest BCUT2D eigenvalue weighted by atomic mass is 9.80. The second-order valence-electron chi connectivity index (χ2n) is 4.11. The van der Waals surface area contributed by atoms with Crippen LogP contribution >= 0.6 is 15.9 Å². The lowest BCUT2D eigenvalue weighted by Crippen LogP contribution is -2.42. The van der Waals surface area contributed by atoms with E-state index in [1.807, 2.05) is 0 Å². The van der Waals surface area contributed by atoms with Crippen molar-refractivity contribution in [3.05, 3.63) is 28.5 Å². The number of hydrogen-bond acceptors (Lipinski definition) is 4. The minimum atomic E-state index is -1.57. The summed E-state index contributed by atoms with van der Waals surface area (Å²) >= 11 is 3.25. The molecule has 0 aliphatic rings. The number of carboxylic acids is 1. The van der Waals surface area contributed by atoms with Gasteiger partial charge in [-0.05, 0) is 41.4 Å². The maximum absolute atomic E-state index is 12.0. The number of carbonyl (C=O) groups is 2. The summed E-state index contributed by atoms with van der Waals surface area (Å²) in [6.45, 7) is 3.46. The third-order valence-corrected chi connectivity index (χ3v) is 3.42. The van der Waals surface area contributed by atoms with Gasteiger partial charge in [-0.2, -0.15) is 0 Å². The summed E-state index contributed by atoms with van der Waals surface area (Å²) in [6.07, 6.45) is 1.74. The topological polar surface area (TPSA) is 76.5 Å². The van der Waals surface area contributed by atoms with Crippen molar-refractivity contribution < 1.29 is 19.4 Å². The van der Waals surface area contributed by atoms with E-state index < -0.39 is 17.4 Å². The fourth-order valence-electron chi connectivity index (χ4n) is 1.75. The molecule has 0 amide bonds. The number of rotatable bonds is 6. The molecule has 1 atom stereocenters. The Labute approximate surface area is 120 Å². The highest BCUT2D eigenvalue weighted by atomic mass is 79.9. The van der Waals surface area contributed by atoms with Crippen molar-refractivity contribution in [2.75, 3.05) is 6.61 Å². The Morgan fingerprint density at radius 3 is 2.53 bits per heavy atom. The molecule has 1 N–H and O–H groups in total. The third-order valence-electron chi connectivity index (χ3n) is 2.95. The van der Waals surface area contributed by atoms with E-state index in [1.54, 1.807) is 32.2 Å². The first-order valence-corrected chi connectivity index (χ1v) is 6.76. The summed E-state index contributed by atoms with van der Waals surface area (Å²) in [6, 6.07) is 3.45. The standard InChI is InChI=1S/C13H16BrNO4/c1-3-13(11(16)17,12(18)19-4-2)7-10-6-5-9(14)8-15-10/h5-6,8H,3-4,7H2,1-2H3,(H,16,17). The van der Waals surface area contributed by atoms with Crippen LogP contribution in [0.25, 0.3) is 0 Å². The highest BCUT2D eigenvalue weighted by molar-refractivity contribution is 9.10. The predicted molar refractivity (Wildman–Crippen MR) is 72.6 cm³/mol. The summed E-state index contributed by atoms with van der Waals surface area (Å²) in [7, 11) is 0. The number of ether oxygens (including phenoxy) is 1. The van der Waals surface area contributed by atoms with Gasteiger partial charge in [0, 0.05) is 22.8 Å². The number of pyridine rings is 1. The number of aromatic nitrogens is 1. The van der Waals surface area contributed by atoms with Crippen LogP contribution in [0.5, 0.6) is 0 Å². The van der Waals surface area contributed by atoms with Gasteiger partial charge < -0.3 is 9.84 Å². The molecule has 1 unspecified atom stereocenters. The zero-order chi connectivity index (χ0) is 14.5. The summed E-state index contributed by atoms with van der Waals surface area (Å²) < 4.78 is 5.69. The molecule has 6 heteroatoms. The maximum atomic E-state index is 12.0. The Bertz CT molecular complexity index is 460. The second kappa shape index (κ2) is 6.65. The summed E-state index contributed by atoms with van der Waals surface area (Å²) in [5, 5.41) is 9.40. The fraction of sp³-hybridized carbons (Fsp3) is 0.462. The lowest BCUT2D eigenvalue weighted by molar-refractivity contribution is -0.169. The number of nitrogens with zero attached hydrogens (tertiary/aromatic N) is 1. The van der Waals surface area contributed by atoms with Crippen molar-refractivity contribution in [3.8, 4) is 0 Å². The van der Waals surface area contributed by atoms with E-state index >= 15 is 0 Å². The minimum Gasteiger partial charge on any atom is -0.480 e. The molecular weight excluding hydrogens is 314 g/mol. The van der Waals surface area contributed by atoms with Crippen LogP contribution in [-0.2, 0) is 20.7 Å². The molecule has 0 spiro atoms. The molecule has 0 aromatic carbocycles. The Kier molecular flexibility index (Phi) is 5.47. The van der Waals surface area contributed by atoms with E-state index in [2.05, 4.69) is 20.9 Å². The monoisotopic (exact) mass is 329 g/mol.